The normalized spacial score (nSPS) is 18.5. The van der Waals surface area contributed by atoms with E-state index in [4.69, 9.17) is 0 Å². The van der Waals surface area contributed by atoms with Crippen molar-refractivity contribution in [3.05, 3.63) is 28.0 Å². The van der Waals surface area contributed by atoms with Crippen LogP contribution in [0.4, 0.5) is 10.3 Å². The van der Waals surface area contributed by atoms with Crippen molar-refractivity contribution in [1.29, 1.82) is 0 Å². The van der Waals surface area contributed by atoms with Gasteiger partial charge in [0.1, 0.15) is 10.0 Å². The molecular formula is C18H22N8O2S2. The van der Waals surface area contributed by atoms with Gasteiger partial charge in [0.25, 0.3) is 0 Å². The third-order valence-corrected chi connectivity index (χ3v) is 6.76. The van der Waals surface area contributed by atoms with Crippen LogP contribution in [0.2, 0.25) is 0 Å². The van der Waals surface area contributed by atoms with E-state index in [1.807, 2.05) is 19.3 Å². The Morgan fingerprint density at radius 3 is 2.70 bits per heavy atom. The minimum absolute atomic E-state index is 0.138. The van der Waals surface area contributed by atoms with Gasteiger partial charge in [0.2, 0.25) is 22.1 Å². The van der Waals surface area contributed by atoms with Gasteiger partial charge in [0.05, 0.1) is 12.1 Å². The van der Waals surface area contributed by atoms with Crippen LogP contribution in [0.25, 0.3) is 0 Å². The maximum atomic E-state index is 12.2. The Kier molecular flexibility index (Phi) is 6.13. The second-order valence-corrected chi connectivity index (χ2v) is 9.48. The molecule has 0 aromatic carbocycles. The molecule has 1 saturated carbocycles. The number of rotatable bonds is 7. The first-order valence-electron chi connectivity index (χ1n) is 9.66. The zero-order valence-corrected chi connectivity index (χ0v) is 18.3. The van der Waals surface area contributed by atoms with Crippen molar-refractivity contribution in [2.75, 3.05) is 10.6 Å². The van der Waals surface area contributed by atoms with Gasteiger partial charge in [-0.05, 0) is 31.2 Å². The Hall–Kier alpha value is -2.73. The molecule has 10 nitrogen and oxygen atoms in total. The number of nitrogens with one attached hydrogen (secondary N) is 2. The third-order valence-electron chi connectivity index (χ3n) is 4.90. The Labute approximate surface area is 181 Å². The van der Waals surface area contributed by atoms with Crippen LogP contribution in [0.3, 0.4) is 0 Å². The molecule has 1 aliphatic rings. The maximum absolute atomic E-state index is 12.2. The maximum Gasteiger partial charge on any atom is 0.232 e. The number of hydrogen-bond acceptors (Lipinski definition) is 9. The van der Waals surface area contributed by atoms with Gasteiger partial charge < -0.3 is 10.6 Å². The summed E-state index contributed by atoms with van der Waals surface area (Å²) in [5, 5.41) is 29.3. The molecular weight excluding hydrogens is 424 g/mol. The van der Waals surface area contributed by atoms with E-state index in [1.54, 1.807) is 4.68 Å². The van der Waals surface area contributed by atoms with Gasteiger partial charge in [-0.2, -0.15) is 5.10 Å². The molecule has 3 aromatic heterocycles. The highest BCUT2D eigenvalue weighted by Crippen LogP contribution is 2.41. The molecule has 158 valence electrons. The van der Waals surface area contributed by atoms with Crippen LogP contribution >= 0.6 is 22.7 Å². The lowest BCUT2D eigenvalue weighted by Crippen LogP contribution is -2.14. The first-order valence-corrected chi connectivity index (χ1v) is 11.3. The fraction of sp³-hybridized carbons (Fsp3) is 0.500. The Morgan fingerprint density at radius 2 is 1.93 bits per heavy atom. The van der Waals surface area contributed by atoms with Crippen molar-refractivity contribution in [2.24, 2.45) is 13.0 Å². The predicted molar refractivity (Wildman–Crippen MR) is 113 cm³/mol. The molecule has 0 radical (unpaired) electrons. The summed E-state index contributed by atoms with van der Waals surface area (Å²) < 4.78 is 1.67. The summed E-state index contributed by atoms with van der Waals surface area (Å²) in [4.78, 5) is 23.3. The van der Waals surface area contributed by atoms with E-state index in [0.717, 1.165) is 41.4 Å². The van der Waals surface area contributed by atoms with Crippen LogP contribution in [0, 0.1) is 5.92 Å². The summed E-state index contributed by atoms with van der Waals surface area (Å²) in [6.45, 7) is 1.46. The molecule has 12 heteroatoms. The number of anilines is 2. The first-order chi connectivity index (χ1) is 14.4. The van der Waals surface area contributed by atoms with Gasteiger partial charge in [0, 0.05) is 32.5 Å². The number of nitrogens with zero attached hydrogens (tertiary/aromatic N) is 6. The van der Waals surface area contributed by atoms with Gasteiger partial charge in [-0.3, -0.25) is 14.3 Å². The van der Waals surface area contributed by atoms with Crippen LogP contribution in [0.15, 0.2) is 12.3 Å². The summed E-state index contributed by atoms with van der Waals surface area (Å²) in [5.74, 6) is 0.568. The Balaban J connectivity index is 1.27. The molecule has 1 fully saturated rings. The summed E-state index contributed by atoms with van der Waals surface area (Å²) in [5.41, 5.74) is 0.718. The molecule has 2 N–H and O–H groups in total. The van der Waals surface area contributed by atoms with Crippen LogP contribution in [0.1, 0.15) is 47.8 Å². The third kappa shape index (κ3) is 5.25. The van der Waals surface area contributed by atoms with Gasteiger partial charge in [-0.1, -0.05) is 22.7 Å². The molecule has 2 amide bonds. The van der Waals surface area contributed by atoms with Gasteiger partial charge >= 0.3 is 0 Å². The summed E-state index contributed by atoms with van der Waals surface area (Å²) in [6, 6.07) is 1.82. The van der Waals surface area contributed by atoms with Gasteiger partial charge in [0.15, 0.2) is 0 Å². The van der Waals surface area contributed by atoms with E-state index in [1.165, 1.54) is 29.6 Å². The fourth-order valence-corrected chi connectivity index (χ4v) is 5.41. The molecule has 0 saturated heterocycles. The zero-order valence-electron chi connectivity index (χ0n) is 16.7. The average molecular weight is 447 g/mol. The van der Waals surface area contributed by atoms with E-state index >= 15 is 0 Å². The van der Waals surface area contributed by atoms with E-state index in [2.05, 4.69) is 36.1 Å². The lowest BCUT2D eigenvalue weighted by molar-refractivity contribution is -0.116. The topological polar surface area (TPSA) is 128 Å². The highest BCUT2D eigenvalue weighted by atomic mass is 32.1. The monoisotopic (exact) mass is 446 g/mol. The van der Waals surface area contributed by atoms with Gasteiger partial charge in [-0.25, -0.2) is 0 Å². The fourth-order valence-electron chi connectivity index (χ4n) is 3.60. The highest BCUT2D eigenvalue weighted by molar-refractivity contribution is 7.15. The number of amides is 2. The van der Waals surface area contributed by atoms with Crippen molar-refractivity contribution >= 4 is 44.8 Å². The number of hydrogen-bond donors (Lipinski definition) is 2. The van der Waals surface area contributed by atoms with Gasteiger partial charge in [-0.15, -0.1) is 20.4 Å². The Morgan fingerprint density at radius 1 is 1.13 bits per heavy atom. The lowest BCUT2D eigenvalue weighted by Gasteiger charge is -2.06. The van der Waals surface area contributed by atoms with E-state index in [9.17, 15) is 9.59 Å². The lowest BCUT2D eigenvalue weighted by atomic mass is 10.0. The zero-order chi connectivity index (χ0) is 21.1. The van der Waals surface area contributed by atoms with Crippen molar-refractivity contribution in [3.63, 3.8) is 0 Å². The number of carbonyl (C=O) groups is 2. The van der Waals surface area contributed by atoms with Crippen LogP contribution in [-0.2, 0) is 29.5 Å². The van der Waals surface area contributed by atoms with Crippen LogP contribution < -0.4 is 10.6 Å². The molecule has 1 aliphatic carbocycles. The van der Waals surface area contributed by atoms with E-state index < -0.39 is 0 Å². The van der Waals surface area contributed by atoms with E-state index in [-0.39, 0.29) is 18.2 Å². The standard InChI is InChI=1S/C18H22N8O2S2/c1-10(27)19-17-24-22-16(30-17)12-4-3-11(7-12)8-15-21-23-18(29-15)20-14(28)9-13-5-6-26(2)25-13/h5-6,11-12H,3-4,7-9H2,1-2H3,(H,19,24,27)(H,20,23,28)/t11-,12?/m0/s1. The first kappa shape index (κ1) is 20.5. The number of aryl methyl sites for hydroxylation is 1. The van der Waals surface area contributed by atoms with Crippen molar-refractivity contribution in [2.45, 2.75) is 44.9 Å². The molecule has 0 aliphatic heterocycles. The predicted octanol–water partition coefficient (Wildman–Crippen LogP) is 2.39. The van der Waals surface area contributed by atoms with Crippen LogP contribution in [0.5, 0.6) is 0 Å². The summed E-state index contributed by atoms with van der Waals surface area (Å²) in [7, 11) is 1.82. The van der Waals surface area contributed by atoms with Crippen molar-refractivity contribution < 1.29 is 9.59 Å². The average Bonchev–Trinajstić information content (AvgIpc) is 3.44. The van der Waals surface area contributed by atoms with Crippen molar-refractivity contribution in [1.82, 2.24) is 30.2 Å². The SMILES string of the molecule is CC(=O)Nc1nnc(C2CC[C@H](Cc3nnc(NC(=O)Cc4ccn(C)n4)s3)C2)s1. The smallest absolute Gasteiger partial charge is 0.232 e. The molecule has 30 heavy (non-hydrogen) atoms. The minimum atomic E-state index is -0.149. The minimum Gasteiger partial charge on any atom is -0.301 e. The molecule has 2 atom stereocenters. The number of carbonyl (C=O) groups excluding carboxylic acids is 2. The van der Waals surface area contributed by atoms with Crippen LogP contribution in [-0.4, -0.2) is 42.0 Å². The molecule has 3 heterocycles. The largest absolute Gasteiger partial charge is 0.301 e. The molecule has 0 spiro atoms. The molecule has 4 rings (SSSR count). The highest BCUT2D eigenvalue weighted by Gasteiger charge is 2.29. The summed E-state index contributed by atoms with van der Waals surface area (Å²) in [6.07, 6.45) is 6.00. The second-order valence-electron chi connectivity index (χ2n) is 7.41. The number of aromatic nitrogens is 6. The summed E-state index contributed by atoms with van der Waals surface area (Å²) >= 11 is 2.87. The molecule has 1 unspecified atom stereocenters. The van der Waals surface area contributed by atoms with E-state index in [0.29, 0.717) is 22.1 Å². The van der Waals surface area contributed by atoms with Crippen molar-refractivity contribution in [3.8, 4) is 0 Å². The molecule has 3 aromatic rings. The second kappa shape index (κ2) is 8.96. The quantitative estimate of drug-likeness (QED) is 0.570. The molecule has 0 bridgehead atoms. The Bertz CT molecular complexity index is 1040.